The Hall–Kier alpha value is -4.45. The molecule has 1 fully saturated rings. The van der Waals surface area contributed by atoms with Gasteiger partial charge in [0.15, 0.2) is 5.69 Å². The summed E-state index contributed by atoms with van der Waals surface area (Å²) in [5.74, 6) is -1.17. The van der Waals surface area contributed by atoms with Gasteiger partial charge >= 0.3 is 12.1 Å². The summed E-state index contributed by atoms with van der Waals surface area (Å²) in [6.45, 7) is 1.50. The van der Waals surface area contributed by atoms with Gasteiger partial charge in [-0.1, -0.05) is 30.3 Å². The average molecular weight is 482 g/mol. The van der Waals surface area contributed by atoms with Gasteiger partial charge in [-0.3, -0.25) is 4.79 Å². The van der Waals surface area contributed by atoms with Crippen LogP contribution in [0.4, 0.5) is 24.8 Å². The highest BCUT2D eigenvalue weighted by atomic mass is 19.4. The fraction of sp³-hybridized carbons (Fsp3) is 0.130. The number of carbonyl (C=O) groups excluding carboxylic acids is 2. The third-order valence-electron chi connectivity index (χ3n) is 5.29. The molecule has 1 atom stereocenters. The molecule has 5 rings (SSSR count). The molecule has 0 radical (unpaired) electrons. The van der Waals surface area contributed by atoms with E-state index in [0.29, 0.717) is 10.2 Å². The fourth-order valence-corrected chi connectivity index (χ4v) is 3.51. The summed E-state index contributed by atoms with van der Waals surface area (Å²) in [6.07, 6.45) is -3.60. The number of alkyl halides is 3. The van der Waals surface area contributed by atoms with E-state index < -0.39 is 29.8 Å². The van der Waals surface area contributed by atoms with Crippen LogP contribution in [0.3, 0.4) is 0 Å². The van der Waals surface area contributed by atoms with E-state index in [0.717, 1.165) is 28.2 Å². The van der Waals surface area contributed by atoms with Crippen molar-refractivity contribution in [3.05, 3.63) is 78.1 Å². The number of pyridine rings is 1. The molecule has 0 spiro atoms. The van der Waals surface area contributed by atoms with Gasteiger partial charge in [0.05, 0.1) is 11.9 Å². The number of halogens is 3. The number of nitrogens with one attached hydrogen (secondary N) is 2. The van der Waals surface area contributed by atoms with Gasteiger partial charge in [-0.15, -0.1) is 10.3 Å². The first-order chi connectivity index (χ1) is 16.7. The Bertz CT molecular complexity index is 1430. The van der Waals surface area contributed by atoms with Gasteiger partial charge in [0, 0.05) is 11.6 Å². The minimum Gasteiger partial charge on any atom is -0.322 e. The quantitative estimate of drug-likeness (QED) is 0.456. The summed E-state index contributed by atoms with van der Waals surface area (Å²) in [7, 11) is 0. The number of nitrogens with zero attached hydrogens (tertiary/aromatic N) is 4. The fourth-order valence-electron chi connectivity index (χ4n) is 3.51. The van der Waals surface area contributed by atoms with Gasteiger partial charge < -0.3 is 10.2 Å². The first-order valence-corrected chi connectivity index (χ1v) is 10.4. The lowest BCUT2D eigenvalue weighted by molar-refractivity contribution is -0.142. The van der Waals surface area contributed by atoms with E-state index in [2.05, 4.69) is 20.8 Å². The zero-order valence-corrected chi connectivity index (χ0v) is 18.1. The molecule has 0 bridgehead atoms. The van der Waals surface area contributed by atoms with Crippen molar-refractivity contribution in [2.45, 2.75) is 19.1 Å². The molecule has 35 heavy (non-hydrogen) atoms. The topological polar surface area (TPSA) is 101 Å². The van der Waals surface area contributed by atoms with Crippen LogP contribution in [0.25, 0.3) is 16.5 Å². The Morgan fingerprint density at radius 3 is 2.51 bits per heavy atom. The van der Waals surface area contributed by atoms with Crippen LogP contribution >= 0.6 is 0 Å². The zero-order chi connectivity index (χ0) is 24.7. The second-order valence-electron chi connectivity index (χ2n) is 7.77. The molecule has 3 heterocycles. The number of amides is 1. The molecule has 1 saturated heterocycles. The lowest BCUT2D eigenvalue weighted by Gasteiger charge is -2.11. The Labute approximate surface area is 196 Å². The Morgan fingerprint density at radius 2 is 1.86 bits per heavy atom. The summed E-state index contributed by atoms with van der Waals surface area (Å²) >= 11 is 0. The highest BCUT2D eigenvalue weighted by Gasteiger charge is 2.39. The number of rotatable bonds is 4. The van der Waals surface area contributed by atoms with Crippen LogP contribution in [0.15, 0.2) is 66.9 Å². The van der Waals surface area contributed by atoms with Crippen LogP contribution < -0.4 is 15.9 Å². The summed E-state index contributed by atoms with van der Waals surface area (Å²) in [5, 5.41) is 9.21. The second-order valence-corrected chi connectivity index (χ2v) is 7.77. The molecule has 2 aromatic heterocycles. The molecular weight excluding hydrogens is 465 g/mol. The molecule has 1 amide bonds. The maximum absolute atomic E-state index is 13.7. The highest BCUT2D eigenvalue weighted by molar-refractivity contribution is 6.06. The predicted molar refractivity (Wildman–Crippen MR) is 119 cm³/mol. The van der Waals surface area contributed by atoms with Gasteiger partial charge in [-0.05, 0) is 42.0 Å². The molecular formula is C23H17F3N6O3. The Morgan fingerprint density at radius 1 is 1.09 bits per heavy atom. The largest absolute Gasteiger partial charge is 0.433 e. The molecule has 0 aliphatic carbocycles. The van der Waals surface area contributed by atoms with Crippen molar-refractivity contribution in [1.82, 2.24) is 20.2 Å². The van der Waals surface area contributed by atoms with E-state index in [4.69, 9.17) is 4.84 Å². The number of hydrogen-bond donors (Lipinski definition) is 2. The number of benzene rings is 2. The molecule has 4 aromatic rings. The summed E-state index contributed by atoms with van der Waals surface area (Å²) in [5.41, 5.74) is 1.88. The number of fused-ring (bicyclic) bond motifs is 1. The van der Waals surface area contributed by atoms with E-state index in [1.165, 1.54) is 19.1 Å². The first-order valence-electron chi connectivity index (χ1n) is 10.4. The van der Waals surface area contributed by atoms with Crippen molar-refractivity contribution in [3.63, 3.8) is 0 Å². The molecule has 0 saturated carbocycles. The number of aromatic nitrogens is 3. The SMILES string of the molecule is CC1NN(c2cc(C(F)(F)F)n(-c3ccc(NC(=O)c4ccc5ccccc5c4)nc3)n2)OC1=O. The van der Waals surface area contributed by atoms with E-state index in [1.54, 1.807) is 12.1 Å². The molecule has 1 unspecified atom stereocenters. The third-order valence-corrected chi connectivity index (χ3v) is 5.29. The summed E-state index contributed by atoms with van der Waals surface area (Å²) in [4.78, 5) is 33.2. The number of carbonyl (C=O) groups is 2. The molecule has 12 heteroatoms. The van der Waals surface area contributed by atoms with Crippen LogP contribution in [-0.2, 0) is 15.8 Å². The van der Waals surface area contributed by atoms with Gasteiger partial charge in [-0.25, -0.2) is 14.5 Å². The van der Waals surface area contributed by atoms with Gasteiger partial charge in [0.25, 0.3) is 5.91 Å². The zero-order valence-electron chi connectivity index (χ0n) is 18.1. The van der Waals surface area contributed by atoms with Crippen LogP contribution in [0, 0.1) is 0 Å². The van der Waals surface area contributed by atoms with Crippen LogP contribution in [0.2, 0.25) is 0 Å². The summed E-state index contributed by atoms with van der Waals surface area (Å²) < 4.78 is 41.6. The lowest BCUT2D eigenvalue weighted by atomic mass is 10.1. The molecule has 9 nitrogen and oxygen atoms in total. The van der Waals surface area contributed by atoms with Crippen molar-refractivity contribution in [3.8, 4) is 5.69 Å². The van der Waals surface area contributed by atoms with E-state index in [9.17, 15) is 22.8 Å². The monoisotopic (exact) mass is 482 g/mol. The standard InChI is InChI=1S/C23H17F3N6O3/c1-13-22(34)35-32(29-13)20-11-18(23(24,25)26)31(30-20)17-8-9-19(27-12-17)28-21(33)16-7-6-14-4-2-3-5-15(14)10-16/h2-13,29H,1H3,(H,27,28,33). The van der Waals surface area contributed by atoms with Crippen LogP contribution in [0.5, 0.6) is 0 Å². The molecule has 1 aliphatic rings. The number of hydrogen-bond acceptors (Lipinski definition) is 7. The normalized spacial score (nSPS) is 15.9. The average Bonchev–Trinajstić information content (AvgIpc) is 3.43. The van der Waals surface area contributed by atoms with E-state index >= 15 is 0 Å². The van der Waals surface area contributed by atoms with Crippen molar-refractivity contribution in [2.75, 3.05) is 10.5 Å². The van der Waals surface area contributed by atoms with Crippen LogP contribution in [-0.4, -0.2) is 32.7 Å². The Kier molecular flexibility index (Phi) is 5.36. The molecule has 1 aliphatic heterocycles. The van der Waals surface area contributed by atoms with Crippen molar-refractivity contribution < 1.29 is 27.6 Å². The van der Waals surface area contributed by atoms with Crippen LogP contribution in [0.1, 0.15) is 23.0 Å². The minimum absolute atomic E-state index is 0.00847. The van der Waals surface area contributed by atoms with Crippen molar-refractivity contribution in [1.29, 1.82) is 0 Å². The Balaban J connectivity index is 1.38. The minimum atomic E-state index is -4.75. The molecule has 2 aromatic carbocycles. The highest BCUT2D eigenvalue weighted by Crippen LogP contribution is 2.34. The summed E-state index contributed by atoms with van der Waals surface area (Å²) in [6, 6.07) is 15.5. The molecule has 2 N–H and O–H groups in total. The smallest absolute Gasteiger partial charge is 0.322 e. The third kappa shape index (κ3) is 4.38. The first kappa shape index (κ1) is 22.3. The van der Waals surface area contributed by atoms with Crippen molar-refractivity contribution >= 4 is 34.3 Å². The molecule has 178 valence electrons. The number of anilines is 2. The maximum atomic E-state index is 13.7. The predicted octanol–water partition coefficient (Wildman–Crippen LogP) is 3.86. The number of hydrazine groups is 1. The van der Waals surface area contributed by atoms with Gasteiger partial charge in [-0.2, -0.15) is 18.6 Å². The van der Waals surface area contributed by atoms with E-state index in [-0.39, 0.29) is 17.3 Å². The van der Waals surface area contributed by atoms with Gasteiger partial charge in [0.2, 0.25) is 5.82 Å². The maximum Gasteiger partial charge on any atom is 0.433 e. The van der Waals surface area contributed by atoms with Crippen molar-refractivity contribution in [2.24, 2.45) is 0 Å². The van der Waals surface area contributed by atoms with E-state index in [1.807, 2.05) is 30.3 Å². The lowest BCUT2D eigenvalue weighted by Crippen LogP contribution is -2.34. The second kappa shape index (κ2) is 8.40. The van der Waals surface area contributed by atoms with Gasteiger partial charge in [0.1, 0.15) is 11.9 Å².